The Labute approximate surface area is 68.5 Å². The molecule has 11 heavy (non-hydrogen) atoms. The van der Waals surface area contributed by atoms with Crippen LogP contribution in [0.5, 0.6) is 0 Å². The van der Waals surface area contributed by atoms with E-state index in [0.717, 1.165) is 25.7 Å². The van der Waals surface area contributed by atoms with Crippen molar-refractivity contribution in [3.05, 3.63) is 12.7 Å². The Morgan fingerprint density at radius 2 is 2.36 bits per heavy atom. The van der Waals surface area contributed by atoms with E-state index in [0.29, 0.717) is 0 Å². The lowest BCUT2D eigenvalue weighted by molar-refractivity contribution is -0.121. The summed E-state index contributed by atoms with van der Waals surface area (Å²) in [6, 6.07) is 0. The molecule has 0 rings (SSSR count). The van der Waals surface area contributed by atoms with Crippen molar-refractivity contribution in [3.63, 3.8) is 0 Å². The molecule has 0 saturated carbocycles. The van der Waals surface area contributed by atoms with Crippen molar-refractivity contribution in [1.29, 1.82) is 0 Å². The molecule has 0 radical (unpaired) electrons. The molecule has 0 bridgehead atoms. The molecule has 2 nitrogen and oxygen atoms in total. The number of carbonyl (C=O) groups is 1. The molecule has 0 aromatic rings. The van der Waals surface area contributed by atoms with Crippen LogP contribution in [0.2, 0.25) is 0 Å². The van der Waals surface area contributed by atoms with Gasteiger partial charge in [0.1, 0.15) is 0 Å². The third kappa shape index (κ3) is 4.59. The van der Waals surface area contributed by atoms with Crippen molar-refractivity contribution in [2.24, 2.45) is 11.7 Å². The maximum Gasteiger partial charge on any atom is 0.220 e. The third-order valence-corrected chi connectivity index (χ3v) is 1.76. The highest BCUT2D eigenvalue weighted by molar-refractivity contribution is 5.76. The van der Waals surface area contributed by atoms with E-state index in [1.165, 1.54) is 0 Å². The zero-order valence-electron chi connectivity index (χ0n) is 7.18. The molecular weight excluding hydrogens is 138 g/mol. The largest absolute Gasteiger partial charge is 0.369 e. The zero-order chi connectivity index (χ0) is 8.69. The second-order valence-corrected chi connectivity index (χ2v) is 2.77. The fourth-order valence-electron chi connectivity index (χ4n) is 1.03. The van der Waals surface area contributed by atoms with Gasteiger partial charge in [0.25, 0.3) is 0 Å². The monoisotopic (exact) mass is 155 g/mol. The topological polar surface area (TPSA) is 43.1 Å². The fourth-order valence-corrected chi connectivity index (χ4v) is 1.03. The van der Waals surface area contributed by atoms with E-state index in [2.05, 4.69) is 13.5 Å². The van der Waals surface area contributed by atoms with Gasteiger partial charge in [0.2, 0.25) is 5.91 Å². The number of hydrogen-bond acceptors (Lipinski definition) is 1. The number of amides is 1. The first kappa shape index (κ1) is 10.2. The second kappa shape index (κ2) is 5.96. The lowest BCUT2D eigenvalue weighted by Gasteiger charge is -2.08. The Kier molecular flexibility index (Phi) is 5.53. The Balaban J connectivity index is 3.69. The van der Waals surface area contributed by atoms with E-state index >= 15 is 0 Å². The summed E-state index contributed by atoms with van der Waals surface area (Å²) in [7, 11) is 0. The molecule has 0 spiro atoms. The van der Waals surface area contributed by atoms with E-state index in [1.54, 1.807) is 6.08 Å². The van der Waals surface area contributed by atoms with Gasteiger partial charge in [-0.05, 0) is 12.8 Å². The molecule has 0 saturated heterocycles. The van der Waals surface area contributed by atoms with Crippen LogP contribution in [0, 0.1) is 5.92 Å². The molecule has 1 atom stereocenters. The predicted octanol–water partition coefficient (Wildman–Crippen LogP) is 1.85. The highest BCUT2D eigenvalue weighted by atomic mass is 16.1. The summed E-state index contributed by atoms with van der Waals surface area (Å²) in [4.78, 5) is 10.8. The van der Waals surface area contributed by atoms with Gasteiger partial charge in [0.15, 0.2) is 0 Å². The van der Waals surface area contributed by atoms with E-state index in [-0.39, 0.29) is 11.8 Å². The molecule has 0 aliphatic heterocycles. The van der Waals surface area contributed by atoms with Gasteiger partial charge >= 0.3 is 0 Å². The van der Waals surface area contributed by atoms with Gasteiger partial charge in [0, 0.05) is 5.92 Å². The lowest BCUT2D eigenvalue weighted by Crippen LogP contribution is -2.22. The molecule has 0 aromatic heterocycles. The van der Waals surface area contributed by atoms with Crippen LogP contribution in [0.3, 0.4) is 0 Å². The Bertz CT molecular complexity index is 132. The number of allylic oxidation sites excluding steroid dienone is 1. The van der Waals surface area contributed by atoms with Crippen LogP contribution < -0.4 is 5.73 Å². The highest BCUT2D eigenvalue weighted by Gasteiger charge is 2.11. The summed E-state index contributed by atoms with van der Waals surface area (Å²) in [6.07, 6.45) is 5.56. The van der Waals surface area contributed by atoms with Gasteiger partial charge < -0.3 is 5.73 Å². The van der Waals surface area contributed by atoms with Crippen molar-refractivity contribution in [2.75, 3.05) is 0 Å². The number of unbranched alkanes of at least 4 members (excludes halogenated alkanes) is 1. The van der Waals surface area contributed by atoms with Crippen molar-refractivity contribution < 1.29 is 4.79 Å². The van der Waals surface area contributed by atoms with Crippen LogP contribution in [0.1, 0.15) is 32.6 Å². The normalized spacial score (nSPS) is 12.5. The van der Waals surface area contributed by atoms with E-state index < -0.39 is 0 Å². The average molecular weight is 155 g/mol. The van der Waals surface area contributed by atoms with Gasteiger partial charge in [-0.15, -0.1) is 6.58 Å². The molecule has 0 fully saturated rings. The fraction of sp³-hybridized carbons (Fsp3) is 0.667. The van der Waals surface area contributed by atoms with Crippen LogP contribution in [0.4, 0.5) is 0 Å². The maximum absolute atomic E-state index is 10.8. The van der Waals surface area contributed by atoms with Crippen molar-refractivity contribution in [1.82, 2.24) is 0 Å². The van der Waals surface area contributed by atoms with Gasteiger partial charge in [-0.3, -0.25) is 4.79 Å². The van der Waals surface area contributed by atoms with Crippen LogP contribution in [0.25, 0.3) is 0 Å². The van der Waals surface area contributed by atoms with Crippen LogP contribution >= 0.6 is 0 Å². The average Bonchev–Trinajstić information content (AvgIpc) is 1.97. The smallest absolute Gasteiger partial charge is 0.220 e. The Morgan fingerprint density at radius 3 is 2.73 bits per heavy atom. The van der Waals surface area contributed by atoms with E-state index in [1.807, 2.05) is 0 Å². The standard InChI is InChI=1S/C9H17NO/c1-3-5-7-8(6-4-2)9(10)11/h4,8H,2-3,5-7H2,1H3,(H2,10,11). The van der Waals surface area contributed by atoms with Crippen LogP contribution in [-0.2, 0) is 4.79 Å². The third-order valence-electron chi connectivity index (χ3n) is 1.76. The first-order valence-corrected chi connectivity index (χ1v) is 4.12. The van der Waals surface area contributed by atoms with Crippen molar-refractivity contribution in [3.8, 4) is 0 Å². The van der Waals surface area contributed by atoms with Gasteiger partial charge in [-0.25, -0.2) is 0 Å². The molecule has 1 unspecified atom stereocenters. The minimum absolute atomic E-state index is 0.00690. The quantitative estimate of drug-likeness (QED) is 0.584. The van der Waals surface area contributed by atoms with Gasteiger partial charge in [0.05, 0.1) is 0 Å². The molecule has 0 aromatic carbocycles. The first-order chi connectivity index (χ1) is 5.22. The summed E-state index contributed by atoms with van der Waals surface area (Å²) >= 11 is 0. The number of primary amides is 1. The summed E-state index contributed by atoms with van der Waals surface area (Å²) in [6.45, 7) is 5.69. The SMILES string of the molecule is C=CCC(CCCC)C(N)=O. The Hall–Kier alpha value is -0.790. The molecule has 0 aliphatic carbocycles. The summed E-state index contributed by atoms with van der Waals surface area (Å²) in [5, 5.41) is 0. The summed E-state index contributed by atoms with van der Waals surface area (Å²) < 4.78 is 0. The first-order valence-electron chi connectivity index (χ1n) is 4.12. The Morgan fingerprint density at radius 1 is 1.73 bits per heavy atom. The summed E-state index contributed by atoms with van der Waals surface area (Å²) in [5.41, 5.74) is 5.18. The number of carbonyl (C=O) groups excluding carboxylic acids is 1. The number of nitrogens with two attached hydrogens (primary N) is 1. The van der Waals surface area contributed by atoms with E-state index in [9.17, 15) is 4.79 Å². The van der Waals surface area contributed by atoms with Crippen molar-refractivity contribution >= 4 is 5.91 Å². The lowest BCUT2D eigenvalue weighted by atomic mass is 9.98. The highest BCUT2D eigenvalue weighted by Crippen LogP contribution is 2.12. The predicted molar refractivity (Wildman–Crippen MR) is 47.0 cm³/mol. The van der Waals surface area contributed by atoms with E-state index in [4.69, 9.17) is 5.73 Å². The number of hydrogen-bond donors (Lipinski definition) is 1. The number of rotatable bonds is 6. The molecule has 1 amide bonds. The van der Waals surface area contributed by atoms with Gasteiger partial charge in [-0.2, -0.15) is 0 Å². The maximum atomic E-state index is 10.8. The molecule has 64 valence electrons. The van der Waals surface area contributed by atoms with Crippen molar-refractivity contribution in [2.45, 2.75) is 32.6 Å². The molecule has 2 N–H and O–H groups in total. The zero-order valence-corrected chi connectivity index (χ0v) is 7.18. The van der Waals surface area contributed by atoms with Gasteiger partial charge in [-0.1, -0.05) is 25.8 Å². The molecule has 0 aliphatic rings. The van der Waals surface area contributed by atoms with Crippen LogP contribution in [0.15, 0.2) is 12.7 Å². The molecule has 0 heterocycles. The second-order valence-electron chi connectivity index (χ2n) is 2.77. The minimum atomic E-state index is -0.196. The summed E-state index contributed by atoms with van der Waals surface area (Å²) in [5.74, 6) is -0.189. The molecular formula is C9H17NO. The minimum Gasteiger partial charge on any atom is -0.369 e. The molecule has 2 heteroatoms. The van der Waals surface area contributed by atoms with Crippen LogP contribution in [-0.4, -0.2) is 5.91 Å².